The van der Waals surface area contributed by atoms with Crippen LogP contribution < -0.4 is 4.72 Å². The van der Waals surface area contributed by atoms with Gasteiger partial charge in [0.25, 0.3) is 0 Å². The molecule has 116 valence electrons. The molecule has 0 saturated heterocycles. The van der Waals surface area contributed by atoms with E-state index in [4.69, 9.17) is 4.55 Å². The van der Waals surface area contributed by atoms with Crippen molar-refractivity contribution in [3.8, 4) is 0 Å². The van der Waals surface area contributed by atoms with Crippen LogP contribution in [0.25, 0.3) is 0 Å². The van der Waals surface area contributed by atoms with E-state index in [2.05, 4.69) is 11.6 Å². The van der Waals surface area contributed by atoms with Crippen LogP contribution >= 0.6 is 0 Å². The van der Waals surface area contributed by atoms with Crippen LogP contribution in [0.5, 0.6) is 0 Å². The molecule has 2 atom stereocenters. The van der Waals surface area contributed by atoms with Gasteiger partial charge in [0.05, 0.1) is 6.10 Å². The van der Waals surface area contributed by atoms with E-state index in [1.165, 1.54) is 51.4 Å². The van der Waals surface area contributed by atoms with Crippen molar-refractivity contribution in [2.24, 2.45) is 0 Å². The number of hydrogen-bond acceptors (Lipinski definition) is 2. The third kappa shape index (κ3) is 16.0. The van der Waals surface area contributed by atoms with E-state index in [0.717, 1.165) is 12.8 Å². The minimum atomic E-state index is -2.01. The van der Waals surface area contributed by atoms with Crippen molar-refractivity contribution in [1.29, 1.82) is 0 Å². The number of nitrogens with one attached hydrogen (secondary N) is 1. The lowest BCUT2D eigenvalue weighted by Gasteiger charge is -2.09. The maximum Gasteiger partial charge on any atom is 0.231 e. The molecule has 0 aromatic carbocycles. The van der Waals surface area contributed by atoms with Crippen LogP contribution in [-0.4, -0.2) is 26.5 Å². The topological polar surface area (TPSA) is 69.6 Å². The Morgan fingerprint density at radius 3 is 1.89 bits per heavy atom. The Labute approximate surface area is 120 Å². The number of aliphatic hydroxyl groups is 1. The highest BCUT2D eigenvalue weighted by Crippen LogP contribution is 2.11. The number of aliphatic hydroxyl groups excluding tert-OH is 1. The second-order valence-electron chi connectivity index (χ2n) is 5.22. The Bertz CT molecular complexity index is 215. The maximum absolute atomic E-state index is 10.3. The number of unbranched alkanes of at least 4 members (excludes halogenated alkanes) is 9. The normalized spacial score (nSPS) is 14.5. The van der Waals surface area contributed by atoms with E-state index in [9.17, 15) is 9.32 Å². The molecule has 0 aromatic heterocycles. The molecule has 0 heterocycles. The standard InChI is InChI=1S/C14H31NO3S/c1-2-3-4-5-6-7-8-9-10-11-12-14(16)13-15-19(17)18/h14-16H,2-13H2,1H3,(H,17,18). The molecule has 3 N–H and O–H groups in total. The SMILES string of the molecule is CCCCCCCCCCCCC(O)CNS(=O)O. The maximum atomic E-state index is 10.3. The Hall–Kier alpha value is 0.0300. The summed E-state index contributed by atoms with van der Waals surface area (Å²) in [6.45, 7) is 2.43. The first-order valence-corrected chi connectivity index (χ1v) is 8.80. The molecule has 0 aliphatic carbocycles. The zero-order valence-corrected chi connectivity index (χ0v) is 13.1. The van der Waals surface area contributed by atoms with Crippen LogP contribution in [0.1, 0.15) is 77.6 Å². The van der Waals surface area contributed by atoms with Gasteiger partial charge in [0.2, 0.25) is 11.3 Å². The Balaban J connectivity index is 3.11. The molecular weight excluding hydrogens is 262 g/mol. The summed E-state index contributed by atoms with van der Waals surface area (Å²) in [5.41, 5.74) is 0. The predicted octanol–water partition coefficient (Wildman–Crippen LogP) is 3.38. The second kappa shape index (κ2) is 14.4. The van der Waals surface area contributed by atoms with Crippen molar-refractivity contribution >= 4 is 11.3 Å². The lowest BCUT2D eigenvalue weighted by Crippen LogP contribution is -2.27. The van der Waals surface area contributed by atoms with Gasteiger partial charge in [-0.1, -0.05) is 71.1 Å². The Morgan fingerprint density at radius 2 is 1.42 bits per heavy atom. The van der Waals surface area contributed by atoms with Crippen molar-refractivity contribution in [1.82, 2.24) is 4.72 Å². The summed E-state index contributed by atoms with van der Waals surface area (Å²) in [7, 11) is 0. The van der Waals surface area contributed by atoms with Gasteiger partial charge in [-0.05, 0) is 6.42 Å². The van der Waals surface area contributed by atoms with Crippen molar-refractivity contribution in [3.63, 3.8) is 0 Å². The minimum absolute atomic E-state index is 0.195. The number of rotatable bonds is 14. The summed E-state index contributed by atoms with van der Waals surface area (Å²) >= 11 is -2.01. The highest BCUT2D eigenvalue weighted by atomic mass is 32.2. The van der Waals surface area contributed by atoms with Gasteiger partial charge in [0, 0.05) is 6.54 Å². The molecule has 0 aromatic rings. The van der Waals surface area contributed by atoms with Crippen LogP contribution in [0.2, 0.25) is 0 Å². The number of hydrogen-bond donors (Lipinski definition) is 3. The fourth-order valence-electron chi connectivity index (χ4n) is 2.14. The molecule has 19 heavy (non-hydrogen) atoms. The molecule has 0 amide bonds. The molecular formula is C14H31NO3S. The molecule has 0 fully saturated rings. The molecule has 0 bridgehead atoms. The Kier molecular flexibility index (Phi) is 14.5. The monoisotopic (exact) mass is 293 g/mol. The van der Waals surface area contributed by atoms with Gasteiger partial charge in [0.1, 0.15) is 0 Å². The first kappa shape index (κ1) is 19.0. The van der Waals surface area contributed by atoms with Crippen LogP contribution in [0.15, 0.2) is 0 Å². The molecule has 0 radical (unpaired) electrons. The fraction of sp³-hybridized carbons (Fsp3) is 1.00. The minimum Gasteiger partial charge on any atom is -0.392 e. The van der Waals surface area contributed by atoms with E-state index >= 15 is 0 Å². The van der Waals surface area contributed by atoms with Gasteiger partial charge >= 0.3 is 0 Å². The first-order valence-electron chi connectivity index (χ1n) is 7.69. The van der Waals surface area contributed by atoms with Crippen molar-refractivity contribution < 1.29 is 13.9 Å². The molecule has 0 aliphatic heterocycles. The largest absolute Gasteiger partial charge is 0.392 e. The van der Waals surface area contributed by atoms with E-state index in [0.29, 0.717) is 6.42 Å². The lowest BCUT2D eigenvalue weighted by molar-refractivity contribution is 0.164. The molecule has 2 unspecified atom stereocenters. The van der Waals surface area contributed by atoms with Crippen LogP contribution in [0.4, 0.5) is 0 Å². The van der Waals surface area contributed by atoms with Gasteiger partial charge in [-0.15, -0.1) is 0 Å². The van der Waals surface area contributed by atoms with Gasteiger partial charge in [-0.3, -0.25) is 4.55 Å². The van der Waals surface area contributed by atoms with Gasteiger partial charge in [-0.25, -0.2) is 8.93 Å². The predicted molar refractivity (Wildman–Crippen MR) is 81.2 cm³/mol. The van der Waals surface area contributed by atoms with Gasteiger partial charge in [0.15, 0.2) is 0 Å². The Morgan fingerprint density at radius 1 is 0.947 bits per heavy atom. The van der Waals surface area contributed by atoms with Gasteiger partial charge < -0.3 is 5.11 Å². The zero-order chi connectivity index (χ0) is 14.3. The fourth-order valence-corrected chi connectivity index (χ4v) is 2.47. The molecule has 0 rings (SSSR count). The highest BCUT2D eigenvalue weighted by molar-refractivity contribution is 7.77. The van der Waals surface area contributed by atoms with Crippen molar-refractivity contribution in [2.75, 3.05) is 6.54 Å². The molecule has 5 heteroatoms. The smallest absolute Gasteiger partial charge is 0.231 e. The summed E-state index contributed by atoms with van der Waals surface area (Å²) in [5, 5.41) is 9.51. The molecule has 0 spiro atoms. The average molecular weight is 293 g/mol. The summed E-state index contributed by atoms with van der Waals surface area (Å²) < 4.78 is 21.1. The first-order chi connectivity index (χ1) is 9.16. The van der Waals surface area contributed by atoms with E-state index in [-0.39, 0.29) is 6.54 Å². The summed E-state index contributed by atoms with van der Waals surface area (Å²) in [6.07, 6.45) is 13.0. The molecule has 0 saturated carbocycles. The van der Waals surface area contributed by atoms with Crippen LogP contribution in [0, 0.1) is 0 Å². The van der Waals surface area contributed by atoms with E-state index in [1.54, 1.807) is 0 Å². The third-order valence-electron chi connectivity index (χ3n) is 3.33. The third-order valence-corrected chi connectivity index (χ3v) is 3.75. The summed E-state index contributed by atoms with van der Waals surface area (Å²) in [6, 6.07) is 0. The van der Waals surface area contributed by atoms with Crippen molar-refractivity contribution in [3.05, 3.63) is 0 Å². The van der Waals surface area contributed by atoms with Crippen LogP contribution in [-0.2, 0) is 11.3 Å². The second-order valence-corrected chi connectivity index (χ2v) is 6.01. The van der Waals surface area contributed by atoms with Crippen LogP contribution in [0.3, 0.4) is 0 Å². The zero-order valence-electron chi connectivity index (χ0n) is 12.3. The summed E-state index contributed by atoms with van der Waals surface area (Å²) in [5.74, 6) is 0. The molecule has 0 aliphatic rings. The highest BCUT2D eigenvalue weighted by Gasteiger charge is 2.04. The molecule has 4 nitrogen and oxygen atoms in total. The van der Waals surface area contributed by atoms with Gasteiger partial charge in [-0.2, -0.15) is 0 Å². The average Bonchev–Trinajstić information content (AvgIpc) is 2.38. The van der Waals surface area contributed by atoms with E-state index < -0.39 is 17.4 Å². The van der Waals surface area contributed by atoms with Crippen molar-refractivity contribution in [2.45, 2.75) is 83.7 Å². The lowest BCUT2D eigenvalue weighted by atomic mass is 10.0. The summed E-state index contributed by atoms with van der Waals surface area (Å²) in [4.78, 5) is 0. The quantitative estimate of drug-likeness (QED) is 0.340. The van der Waals surface area contributed by atoms with E-state index in [1.807, 2.05) is 0 Å².